The van der Waals surface area contributed by atoms with Crippen molar-refractivity contribution in [1.82, 2.24) is 0 Å². The number of hydrogen-bond acceptors (Lipinski definition) is 1. The maximum Gasteiger partial charge on any atom is 0.0540 e. The topological polar surface area (TPSA) is 3.24 Å². The molecule has 12 rings (SSSR count). The molecule has 0 aliphatic rings. The van der Waals surface area contributed by atoms with Gasteiger partial charge < -0.3 is 4.90 Å². The van der Waals surface area contributed by atoms with E-state index in [-0.39, 0.29) is 0 Å². The van der Waals surface area contributed by atoms with Crippen LogP contribution in [0.3, 0.4) is 0 Å². The van der Waals surface area contributed by atoms with Gasteiger partial charge in [0.1, 0.15) is 0 Å². The molecule has 0 aliphatic carbocycles. The highest BCUT2D eigenvalue weighted by Crippen LogP contribution is 2.44. The van der Waals surface area contributed by atoms with Gasteiger partial charge in [-0.15, -0.1) is 0 Å². The molecular formula is C64H43N. The van der Waals surface area contributed by atoms with Gasteiger partial charge in [-0.1, -0.05) is 224 Å². The lowest BCUT2D eigenvalue weighted by molar-refractivity contribution is 1.30. The molecule has 65 heavy (non-hydrogen) atoms. The Hall–Kier alpha value is -8.52. The Kier molecular flexibility index (Phi) is 9.58. The maximum atomic E-state index is 2.43. The molecule has 0 N–H and O–H groups in total. The molecule has 1 heteroatoms. The van der Waals surface area contributed by atoms with E-state index in [1.54, 1.807) is 0 Å². The minimum absolute atomic E-state index is 1.09. The summed E-state index contributed by atoms with van der Waals surface area (Å²) in [6, 6.07) is 95.2. The Morgan fingerprint density at radius 1 is 0.215 bits per heavy atom. The van der Waals surface area contributed by atoms with Gasteiger partial charge in [-0.3, -0.25) is 0 Å². The average molecular weight is 826 g/mol. The van der Waals surface area contributed by atoms with Crippen molar-refractivity contribution in [3.63, 3.8) is 0 Å². The van der Waals surface area contributed by atoms with Crippen molar-refractivity contribution in [2.24, 2.45) is 0 Å². The third-order valence-corrected chi connectivity index (χ3v) is 13.1. The van der Waals surface area contributed by atoms with E-state index in [2.05, 4.69) is 266 Å². The lowest BCUT2D eigenvalue weighted by Crippen LogP contribution is -2.10. The van der Waals surface area contributed by atoms with Gasteiger partial charge in [0.2, 0.25) is 0 Å². The second kappa shape index (κ2) is 16.3. The van der Waals surface area contributed by atoms with Crippen LogP contribution in [0.5, 0.6) is 0 Å². The van der Waals surface area contributed by atoms with Gasteiger partial charge in [-0.25, -0.2) is 0 Å². The molecule has 12 aromatic carbocycles. The van der Waals surface area contributed by atoms with Crippen molar-refractivity contribution in [3.05, 3.63) is 261 Å². The molecule has 1 nitrogen and oxygen atoms in total. The first-order valence-corrected chi connectivity index (χ1v) is 22.4. The molecule has 0 spiro atoms. The van der Waals surface area contributed by atoms with Crippen molar-refractivity contribution < 1.29 is 0 Å². The highest BCUT2D eigenvalue weighted by atomic mass is 15.1. The molecule has 0 atom stereocenters. The number of anilines is 3. The fourth-order valence-corrected chi connectivity index (χ4v) is 9.75. The van der Waals surface area contributed by atoms with Crippen LogP contribution in [0.25, 0.3) is 98.7 Å². The van der Waals surface area contributed by atoms with Crippen LogP contribution in [-0.4, -0.2) is 0 Å². The van der Waals surface area contributed by atoms with E-state index >= 15 is 0 Å². The van der Waals surface area contributed by atoms with E-state index in [0.717, 1.165) is 17.1 Å². The molecule has 0 radical (unpaired) electrons. The van der Waals surface area contributed by atoms with Crippen molar-refractivity contribution >= 4 is 60.2 Å². The number of benzene rings is 12. The highest BCUT2D eigenvalue weighted by Gasteiger charge is 2.19. The summed E-state index contributed by atoms with van der Waals surface area (Å²) in [5.41, 5.74) is 15.3. The zero-order valence-electron chi connectivity index (χ0n) is 35.8. The summed E-state index contributed by atoms with van der Waals surface area (Å²) in [4.78, 5) is 2.43. The summed E-state index contributed by atoms with van der Waals surface area (Å²) < 4.78 is 0. The van der Waals surface area contributed by atoms with E-state index < -0.39 is 0 Å². The summed E-state index contributed by atoms with van der Waals surface area (Å²) in [5.74, 6) is 0. The molecule has 0 aliphatic heterocycles. The molecule has 0 unspecified atom stereocenters. The van der Waals surface area contributed by atoms with E-state index in [0.29, 0.717) is 0 Å². The molecule has 0 saturated carbocycles. The molecule has 0 fully saturated rings. The molecule has 0 aromatic heterocycles. The van der Waals surface area contributed by atoms with Crippen LogP contribution in [0.15, 0.2) is 261 Å². The first-order valence-electron chi connectivity index (χ1n) is 22.4. The monoisotopic (exact) mass is 825 g/mol. The van der Waals surface area contributed by atoms with Crippen LogP contribution in [0.2, 0.25) is 0 Å². The third-order valence-electron chi connectivity index (χ3n) is 13.1. The predicted molar refractivity (Wildman–Crippen MR) is 278 cm³/mol. The Morgan fingerprint density at radius 2 is 0.662 bits per heavy atom. The smallest absolute Gasteiger partial charge is 0.0540 e. The molecular weight excluding hydrogens is 783 g/mol. The van der Waals surface area contributed by atoms with E-state index in [4.69, 9.17) is 0 Å². The van der Waals surface area contributed by atoms with E-state index in [1.807, 2.05) is 0 Å². The second-order valence-electron chi connectivity index (χ2n) is 16.9. The van der Waals surface area contributed by atoms with Gasteiger partial charge in [-0.2, -0.15) is 0 Å². The van der Waals surface area contributed by atoms with Crippen LogP contribution in [0.1, 0.15) is 0 Å². The molecule has 12 aromatic rings. The molecule has 0 amide bonds. The van der Waals surface area contributed by atoms with Crippen LogP contribution < -0.4 is 4.90 Å². The number of hydrogen-bond donors (Lipinski definition) is 0. The molecule has 304 valence electrons. The minimum atomic E-state index is 1.09. The average Bonchev–Trinajstić information content (AvgIpc) is 3.39. The Morgan fingerprint density at radius 3 is 1.29 bits per heavy atom. The van der Waals surface area contributed by atoms with Crippen molar-refractivity contribution in [3.8, 4) is 55.6 Å². The van der Waals surface area contributed by atoms with E-state index in [1.165, 1.54) is 98.7 Å². The van der Waals surface area contributed by atoms with Crippen LogP contribution in [-0.2, 0) is 0 Å². The highest BCUT2D eigenvalue weighted by molar-refractivity contribution is 6.21. The van der Waals surface area contributed by atoms with Crippen molar-refractivity contribution in [2.45, 2.75) is 0 Å². The second-order valence-corrected chi connectivity index (χ2v) is 16.9. The zero-order valence-corrected chi connectivity index (χ0v) is 35.8. The van der Waals surface area contributed by atoms with Crippen LogP contribution in [0.4, 0.5) is 17.1 Å². The normalized spacial score (nSPS) is 11.4. The lowest BCUT2D eigenvalue weighted by atomic mass is 9.92. The summed E-state index contributed by atoms with van der Waals surface area (Å²) >= 11 is 0. The van der Waals surface area contributed by atoms with Crippen LogP contribution in [0, 0.1) is 0 Å². The van der Waals surface area contributed by atoms with Gasteiger partial charge in [0, 0.05) is 16.8 Å². The first-order chi connectivity index (χ1) is 32.2. The Labute approximate surface area is 379 Å². The summed E-state index contributed by atoms with van der Waals surface area (Å²) in [5, 5.41) is 10.0. The molecule has 0 saturated heterocycles. The molecule has 0 bridgehead atoms. The van der Waals surface area contributed by atoms with Crippen LogP contribution >= 0.6 is 0 Å². The largest absolute Gasteiger partial charge is 0.310 e. The summed E-state index contributed by atoms with van der Waals surface area (Å²) in [6.45, 7) is 0. The number of rotatable bonds is 8. The standard InChI is InChI=1S/C64H43N/c1-3-12-44(13-4-1)46-22-24-48(25-23-46)49-36-38-56(39-37-49)65(57-18-11-17-54(42-57)50-28-26-47(27-29-50)45-14-5-2-6-15-45)63-41-40-58(60-20-9-10-21-61(60)63)55-35-32-52-31-34-53-33-30-51-16-7-8-19-59(51)64(53)62(52)43-55/h1-43H. The van der Waals surface area contributed by atoms with Gasteiger partial charge in [0.05, 0.1) is 5.69 Å². The minimum Gasteiger partial charge on any atom is -0.310 e. The fourth-order valence-electron chi connectivity index (χ4n) is 9.75. The Balaban J connectivity index is 0.982. The number of nitrogens with zero attached hydrogens (tertiary/aromatic N) is 1. The van der Waals surface area contributed by atoms with Gasteiger partial charge in [0.25, 0.3) is 0 Å². The van der Waals surface area contributed by atoms with Gasteiger partial charge in [0.15, 0.2) is 0 Å². The SMILES string of the molecule is c1ccc(-c2ccc(-c3ccc(N(c4cccc(-c5ccc(-c6ccccc6)cc5)c4)c4ccc(-c5ccc6ccc7ccc8ccccc8c7c6c5)c5ccccc45)cc3)cc2)cc1. The van der Waals surface area contributed by atoms with E-state index in [9.17, 15) is 0 Å². The van der Waals surface area contributed by atoms with Crippen molar-refractivity contribution in [2.75, 3.05) is 4.90 Å². The van der Waals surface area contributed by atoms with Crippen molar-refractivity contribution in [1.29, 1.82) is 0 Å². The lowest BCUT2D eigenvalue weighted by Gasteiger charge is -2.28. The fraction of sp³-hybridized carbons (Fsp3) is 0. The first kappa shape index (κ1) is 38.2. The van der Waals surface area contributed by atoms with Gasteiger partial charge >= 0.3 is 0 Å². The Bertz CT molecular complexity index is 3660. The maximum absolute atomic E-state index is 2.43. The predicted octanol–water partition coefficient (Wildman–Crippen LogP) is 18.1. The van der Waals surface area contributed by atoms with Gasteiger partial charge in [-0.05, 0) is 130 Å². The molecule has 0 heterocycles. The quantitative estimate of drug-likeness (QED) is 0.138. The summed E-state index contributed by atoms with van der Waals surface area (Å²) in [6.07, 6.45) is 0. The third kappa shape index (κ3) is 7.10. The number of fused-ring (bicyclic) bond motifs is 6. The zero-order chi connectivity index (χ0) is 43.1. The summed E-state index contributed by atoms with van der Waals surface area (Å²) in [7, 11) is 0.